The van der Waals surface area contributed by atoms with Gasteiger partial charge in [-0.1, -0.05) is 34.8 Å². The topological polar surface area (TPSA) is 107 Å². The van der Waals surface area contributed by atoms with Crippen LogP contribution in [0.1, 0.15) is 0 Å². The molecule has 0 atom stereocenters. The minimum absolute atomic E-state index is 0.00752. The molecule has 3 rings (SSSR count). The van der Waals surface area contributed by atoms with E-state index in [0.717, 1.165) is 0 Å². The van der Waals surface area contributed by atoms with E-state index in [0.29, 0.717) is 16.9 Å². The van der Waals surface area contributed by atoms with E-state index in [1.54, 1.807) is 10.6 Å². The highest BCUT2D eigenvalue weighted by Gasteiger charge is 2.22. The van der Waals surface area contributed by atoms with Crippen molar-refractivity contribution in [3.8, 4) is 17.6 Å². The second-order valence-electron chi connectivity index (χ2n) is 4.03. The average molecular weight is 344 g/mol. The largest absolute Gasteiger partial charge is 0.379 e. The van der Waals surface area contributed by atoms with Gasteiger partial charge in [-0.2, -0.15) is 5.26 Å². The molecular weight excluding hydrogens is 339 g/mol. The Hall–Kier alpha value is -2.01. The van der Waals surface area contributed by atoms with Crippen LogP contribution in [0.2, 0.25) is 15.1 Å². The number of aromatic nitrogens is 4. The molecule has 0 aliphatic heterocycles. The molecule has 0 amide bonds. The Kier molecular flexibility index (Phi) is 3.37. The number of hydrogen-bond donors (Lipinski definition) is 1. The third-order valence-electron chi connectivity index (χ3n) is 2.84. The fourth-order valence-corrected chi connectivity index (χ4v) is 2.56. The first-order valence-corrected chi connectivity index (χ1v) is 6.67. The van der Waals surface area contributed by atoms with Crippen LogP contribution in [-0.2, 0) is 6.54 Å². The van der Waals surface area contributed by atoms with E-state index < -0.39 is 0 Å². The zero-order chi connectivity index (χ0) is 15.1. The molecule has 3 aromatic rings. The van der Waals surface area contributed by atoms with Gasteiger partial charge in [-0.15, -0.1) is 0 Å². The molecule has 0 aliphatic carbocycles. The van der Waals surface area contributed by atoms with E-state index >= 15 is 0 Å². The summed E-state index contributed by atoms with van der Waals surface area (Å²) in [5.74, 6) is 0.350. The minimum atomic E-state index is -0.00752. The molecule has 0 saturated carbocycles. The first kappa shape index (κ1) is 13.9. The molecule has 21 heavy (non-hydrogen) atoms. The zero-order valence-corrected chi connectivity index (χ0v) is 12.4. The third-order valence-corrected chi connectivity index (χ3v) is 4.09. The highest BCUT2D eigenvalue weighted by atomic mass is 35.5. The Morgan fingerprint density at radius 3 is 2.67 bits per heavy atom. The number of rotatable bonds is 2. The van der Waals surface area contributed by atoms with Crippen molar-refractivity contribution >= 4 is 51.7 Å². The molecule has 2 heterocycles. The lowest BCUT2D eigenvalue weighted by Gasteiger charge is -2.03. The lowest BCUT2D eigenvalue weighted by Crippen LogP contribution is -2.01. The first-order chi connectivity index (χ1) is 10.0. The van der Waals surface area contributed by atoms with Crippen LogP contribution >= 0.6 is 34.8 Å². The molecule has 2 N–H and O–H groups in total. The van der Waals surface area contributed by atoms with E-state index in [1.807, 2.05) is 6.07 Å². The molecule has 0 fully saturated rings. The number of fused-ring (bicyclic) bond motifs is 1. The predicted molar refractivity (Wildman–Crippen MR) is 78.1 cm³/mol. The summed E-state index contributed by atoms with van der Waals surface area (Å²) in [6.45, 7) is -0.00752. The van der Waals surface area contributed by atoms with Gasteiger partial charge in [0.15, 0.2) is 17.3 Å². The van der Waals surface area contributed by atoms with Crippen LogP contribution in [0.4, 0.5) is 5.82 Å². The second kappa shape index (κ2) is 5.07. The van der Waals surface area contributed by atoms with Crippen molar-refractivity contribution in [1.82, 2.24) is 19.9 Å². The summed E-state index contributed by atoms with van der Waals surface area (Å²) >= 11 is 18.2. The number of anilines is 1. The van der Waals surface area contributed by atoms with Crippen molar-refractivity contribution in [3.05, 3.63) is 21.1 Å². The van der Waals surface area contributed by atoms with Crippen molar-refractivity contribution in [1.29, 1.82) is 5.26 Å². The maximum Gasteiger partial charge on any atom is 0.199 e. The highest BCUT2D eigenvalue weighted by molar-refractivity contribution is 6.50. The summed E-state index contributed by atoms with van der Waals surface area (Å²) in [4.78, 5) is 4.33. The quantitative estimate of drug-likeness (QED) is 0.716. The van der Waals surface area contributed by atoms with Crippen molar-refractivity contribution in [3.63, 3.8) is 0 Å². The van der Waals surface area contributed by atoms with Crippen LogP contribution in [0.5, 0.6) is 0 Å². The van der Waals surface area contributed by atoms with Crippen LogP contribution in [-0.4, -0.2) is 19.9 Å². The monoisotopic (exact) mass is 342 g/mol. The molecule has 2 aromatic heterocycles. The fraction of sp³-hybridized carbons (Fsp3) is 0.0909. The molecule has 1 aromatic carbocycles. The predicted octanol–water partition coefficient (Wildman–Crippen LogP) is 3.15. The summed E-state index contributed by atoms with van der Waals surface area (Å²) in [6.07, 6.45) is 0. The lowest BCUT2D eigenvalue weighted by atomic mass is 10.3. The molecule has 0 bridgehead atoms. The minimum Gasteiger partial charge on any atom is -0.379 e. The SMILES string of the molecule is N#CCn1c(-c2nonc2N)nc2c(Cl)c(Cl)c(Cl)cc21. The number of imidazole rings is 1. The molecule has 7 nitrogen and oxygen atoms in total. The second-order valence-corrected chi connectivity index (χ2v) is 5.19. The summed E-state index contributed by atoms with van der Waals surface area (Å²) < 4.78 is 6.12. The van der Waals surface area contributed by atoms with Gasteiger partial charge >= 0.3 is 0 Å². The smallest absolute Gasteiger partial charge is 0.199 e. The molecule has 106 valence electrons. The third kappa shape index (κ3) is 2.08. The fourth-order valence-electron chi connectivity index (χ4n) is 1.93. The number of nitrogens with zero attached hydrogens (tertiary/aromatic N) is 5. The van der Waals surface area contributed by atoms with E-state index in [4.69, 9.17) is 45.8 Å². The number of hydrogen-bond acceptors (Lipinski definition) is 6. The highest BCUT2D eigenvalue weighted by Crippen LogP contribution is 2.38. The van der Waals surface area contributed by atoms with E-state index in [-0.39, 0.29) is 33.1 Å². The van der Waals surface area contributed by atoms with Crippen LogP contribution in [0.15, 0.2) is 10.7 Å². The number of nitrogens with two attached hydrogens (primary N) is 1. The normalized spacial score (nSPS) is 11.0. The Bertz CT molecular complexity index is 894. The van der Waals surface area contributed by atoms with Crippen LogP contribution in [0.3, 0.4) is 0 Å². The Morgan fingerprint density at radius 2 is 2.05 bits per heavy atom. The van der Waals surface area contributed by atoms with Gasteiger partial charge in [0.1, 0.15) is 12.1 Å². The Labute approximate surface area is 132 Å². The van der Waals surface area contributed by atoms with Crippen molar-refractivity contribution in [2.75, 3.05) is 5.73 Å². The molecule has 0 saturated heterocycles. The van der Waals surface area contributed by atoms with E-state index in [1.165, 1.54) is 0 Å². The molecule has 0 radical (unpaired) electrons. The Morgan fingerprint density at radius 1 is 1.29 bits per heavy atom. The first-order valence-electron chi connectivity index (χ1n) is 5.53. The maximum absolute atomic E-state index is 9.00. The van der Waals surface area contributed by atoms with Crippen LogP contribution in [0, 0.1) is 11.3 Å². The van der Waals surface area contributed by atoms with Gasteiger partial charge in [-0.3, -0.25) is 0 Å². The molecule has 10 heteroatoms. The molecule has 0 spiro atoms. The number of benzene rings is 1. The van der Waals surface area contributed by atoms with Gasteiger partial charge in [0, 0.05) is 0 Å². The average Bonchev–Trinajstić information content (AvgIpc) is 3.02. The summed E-state index contributed by atoms with van der Waals surface area (Å²) in [6, 6.07) is 3.59. The summed E-state index contributed by atoms with van der Waals surface area (Å²) in [7, 11) is 0. The van der Waals surface area contributed by atoms with Gasteiger partial charge in [0.25, 0.3) is 0 Å². The standard InChI is InChI=1S/C11H5Cl3N6O/c12-4-3-5-8(7(14)6(4)13)17-11(20(5)2-1-15)9-10(16)19-21-18-9/h3H,2H2,(H2,16,19). The Balaban J connectivity index is 2.41. The number of nitriles is 1. The number of halogens is 3. The summed E-state index contributed by atoms with van der Waals surface area (Å²) in [5, 5.41) is 16.8. The number of nitrogen functional groups attached to an aromatic ring is 1. The van der Waals surface area contributed by atoms with Gasteiger partial charge in [-0.05, 0) is 16.4 Å². The molecular formula is C11H5Cl3N6O. The maximum atomic E-state index is 9.00. The van der Waals surface area contributed by atoms with Crippen molar-refractivity contribution < 1.29 is 4.63 Å². The van der Waals surface area contributed by atoms with Crippen molar-refractivity contribution in [2.24, 2.45) is 0 Å². The van der Waals surface area contributed by atoms with Crippen LogP contribution in [0.25, 0.3) is 22.6 Å². The van der Waals surface area contributed by atoms with Gasteiger partial charge in [0.05, 0.1) is 26.7 Å². The van der Waals surface area contributed by atoms with Gasteiger partial charge < -0.3 is 10.3 Å². The lowest BCUT2D eigenvalue weighted by molar-refractivity contribution is 0.310. The van der Waals surface area contributed by atoms with E-state index in [2.05, 4.69) is 19.9 Å². The van der Waals surface area contributed by atoms with Crippen LogP contribution < -0.4 is 5.73 Å². The zero-order valence-electron chi connectivity index (χ0n) is 10.1. The van der Waals surface area contributed by atoms with Crippen molar-refractivity contribution in [2.45, 2.75) is 6.54 Å². The van der Waals surface area contributed by atoms with Gasteiger partial charge in [0.2, 0.25) is 0 Å². The van der Waals surface area contributed by atoms with E-state index in [9.17, 15) is 0 Å². The molecule has 0 aliphatic rings. The summed E-state index contributed by atoms with van der Waals surface area (Å²) in [5.41, 5.74) is 6.80. The molecule has 0 unspecified atom stereocenters. The van der Waals surface area contributed by atoms with Gasteiger partial charge in [-0.25, -0.2) is 9.61 Å².